The Bertz CT molecular complexity index is 1380. The van der Waals surface area contributed by atoms with Gasteiger partial charge in [-0.3, -0.25) is 24.6 Å². The van der Waals surface area contributed by atoms with Gasteiger partial charge in [0.15, 0.2) is 0 Å². The fourth-order valence-corrected chi connectivity index (χ4v) is 4.02. The van der Waals surface area contributed by atoms with E-state index >= 15 is 0 Å². The quantitative estimate of drug-likeness (QED) is 0.0895. The van der Waals surface area contributed by atoms with Crippen LogP contribution >= 0.6 is 0 Å². The smallest absolute Gasteiger partial charge is 0.490 e. The molecule has 0 saturated carbocycles. The number of primary amides is 1. The fourth-order valence-electron chi connectivity index (χ4n) is 4.02. The minimum atomic E-state index is -5.08. The zero-order valence-corrected chi connectivity index (χ0v) is 25.6. The number of alkyl halides is 3. The normalized spacial score (nSPS) is 12.7. The number of carboxylic acid groups (broad SMARTS) is 1. The van der Waals surface area contributed by atoms with Crippen LogP contribution in [0, 0.1) is 11.3 Å². The van der Waals surface area contributed by atoms with Gasteiger partial charge in [-0.15, -0.1) is 0 Å². The number of carboxylic acids is 1. The van der Waals surface area contributed by atoms with Gasteiger partial charge >= 0.3 is 12.1 Å². The molecule has 0 fully saturated rings. The summed E-state index contributed by atoms with van der Waals surface area (Å²) in [6.07, 6.45) is -3.28. The van der Waals surface area contributed by atoms with Gasteiger partial charge in [0.05, 0.1) is 0 Å². The molecule has 0 bridgehead atoms. The molecule has 2 aromatic rings. The topological polar surface area (TPSA) is 229 Å². The van der Waals surface area contributed by atoms with E-state index in [4.69, 9.17) is 26.8 Å². The number of nitrogen functional groups attached to an aromatic ring is 1. The summed E-state index contributed by atoms with van der Waals surface area (Å²) in [5.41, 5.74) is 12.9. The molecule has 0 radical (unpaired) electrons. The lowest BCUT2D eigenvalue weighted by Crippen LogP contribution is -2.55. The van der Waals surface area contributed by atoms with Gasteiger partial charge in [-0.05, 0) is 42.2 Å². The maximum absolute atomic E-state index is 13.4. The third-order valence-electron chi connectivity index (χ3n) is 6.49. The molecule has 0 saturated heterocycles. The molecule has 0 aliphatic heterocycles. The van der Waals surface area contributed by atoms with Crippen molar-refractivity contribution in [2.75, 3.05) is 14.1 Å². The number of nitrogens with one attached hydrogen (secondary N) is 3. The van der Waals surface area contributed by atoms with E-state index in [1.807, 2.05) is 6.92 Å². The van der Waals surface area contributed by atoms with Crippen LogP contribution in [0.1, 0.15) is 42.9 Å². The number of aliphatic carboxylic acids is 1. The lowest BCUT2D eigenvalue weighted by Gasteiger charge is -2.25. The second-order valence-electron chi connectivity index (χ2n) is 10.4. The SMILES string of the molecule is CCCC[C@H](NC(=O)C(Cc1cccc(C(=N)N)c1)C(=O)N(C)C)C(=O)N[C@@H](Cc1ccc(O)cc1)C(N)=O.O=C(O)C(F)(F)F. The molecule has 9 N–H and O–H groups in total. The van der Waals surface area contributed by atoms with Crippen LogP contribution in [-0.4, -0.2) is 82.9 Å². The highest BCUT2D eigenvalue weighted by Crippen LogP contribution is 2.16. The summed E-state index contributed by atoms with van der Waals surface area (Å²) in [6.45, 7) is 1.94. The Hall–Kier alpha value is -5.15. The first-order valence-corrected chi connectivity index (χ1v) is 14.0. The number of nitrogens with zero attached hydrogens (tertiary/aromatic N) is 1. The highest BCUT2D eigenvalue weighted by atomic mass is 19.4. The van der Waals surface area contributed by atoms with Gasteiger partial charge in [0.25, 0.3) is 0 Å². The second-order valence-corrected chi connectivity index (χ2v) is 10.4. The number of rotatable bonds is 14. The van der Waals surface area contributed by atoms with Crippen LogP contribution in [0.2, 0.25) is 0 Å². The number of benzene rings is 2. The van der Waals surface area contributed by atoms with Gasteiger partial charge < -0.3 is 37.2 Å². The van der Waals surface area contributed by atoms with Gasteiger partial charge in [-0.1, -0.05) is 50.1 Å². The predicted molar refractivity (Wildman–Crippen MR) is 161 cm³/mol. The van der Waals surface area contributed by atoms with Crippen molar-refractivity contribution in [1.82, 2.24) is 15.5 Å². The monoisotopic (exact) mass is 652 g/mol. The van der Waals surface area contributed by atoms with Gasteiger partial charge in [-0.25, -0.2) is 4.79 Å². The Balaban J connectivity index is 0.00000135. The first-order valence-electron chi connectivity index (χ1n) is 14.0. The first kappa shape index (κ1) is 38.9. The molecular formula is C30H39F3N6O7. The number of phenolic OH excluding ortho intramolecular Hbond substituents is 1. The number of carbonyl (C=O) groups is 5. The summed E-state index contributed by atoms with van der Waals surface area (Å²) in [4.78, 5) is 62.0. The number of halogens is 3. The molecule has 4 amide bonds. The van der Waals surface area contributed by atoms with Gasteiger partial charge in [0.1, 0.15) is 29.6 Å². The Morgan fingerprint density at radius 1 is 0.913 bits per heavy atom. The molecule has 252 valence electrons. The van der Waals surface area contributed by atoms with Crippen molar-refractivity contribution in [3.05, 3.63) is 65.2 Å². The summed E-state index contributed by atoms with van der Waals surface area (Å²) in [6, 6.07) is 10.9. The number of nitrogens with two attached hydrogens (primary N) is 2. The molecule has 0 spiro atoms. The first-order chi connectivity index (χ1) is 21.4. The number of carbonyl (C=O) groups excluding carboxylic acids is 4. The standard InChI is InChI=1S/C28H38N6O5.C2HF3O2/c1-4-5-9-22(27(38)33-23(25(31)36)16-17-10-12-20(35)13-11-17)32-26(37)21(28(39)34(2)3)15-18-7-6-8-19(14-18)24(29)30;3-2(4,5)1(6)7/h6-8,10-14,21-23,35H,4-5,9,15-16H2,1-3H3,(H3,29,30)(H2,31,36)(H,32,37)(H,33,38);(H,6,7)/t21?,22-,23-;/m0./s1. The van der Waals surface area contributed by atoms with Crippen molar-refractivity contribution in [3.8, 4) is 5.75 Å². The molecule has 0 aromatic heterocycles. The third kappa shape index (κ3) is 13.2. The predicted octanol–water partition coefficient (Wildman–Crippen LogP) is 1.44. The number of hydrogen-bond donors (Lipinski definition) is 7. The van der Waals surface area contributed by atoms with Crippen molar-refractivity contribution in [1.29, 1.82) is 5.41 Å². The molecule has 0 aliphatic rings. The van der Waals surface area contributed by atoms with Crippen molar-refractivity contribution in [3.63, 3.8) is 0 Å². The Morgan fingerprint density at radius 2 is 1.48 bits per heavy atom. The van der Waals surface area contributed by atoms with E-state index in [0.29, 0.717) is 29.5 Å². The Morgan fingerprint density at radius 3 is 1.96 bits per heavy atom. The number of aromatic hydroxyl groups is 1. The molecule has 2 rings (SSSR count). The van der Waals surface area contributed by atoms with Crippen LogP contribution < -0.4 is 22.1 Å². The number of phenols is 1. The molecule has 46 heavy (non-hydrogen) atoms. The minimum Gasteiger partial charge on any atom is -0.508 e. The maximum atomic E-state index is 13.4. The van der Waals surface area contributed by atoms with Crippen LogP contribution in [0.3, 0.4) is 0 Å². The molecule has 3 atom stereocenters. The highest BCUT2D eigenvalue weighted by Gasteiger charge is 2.38. The van der Waals surface area contributed by atoms with E-state index in [-0.39, 0.29) is 24.4 Å². The van der Waals surface area contributed by atoms with E-state index < -0.39 is 53.8 Å². The van der Waals surface area contributed by atoms with Crippen LogP contribution in [0.15, 0.2) is 48.5 Å². The van der Waals surface area contributed by atoms with Crippen molar-refractivity contribution in [2.24, 2.45) is 17.4 Å². The van der Waals surface area contributed by atoms with E-state index in [1.165, 1.54) is 31.1 Å². The van der Waals surface area contributed by atoms with Crippen molar-refractivity contribution >= 4 is 35.4 Å². The molecule has 1 unspecified atom stereocenters. The lowest BCUT2D eigenvalue weighted by molar-refractivity contribution is -0.192. The number of hydrogen-bond acceptors (Lipinski definition) is 7. The largest absolute Gasteiger partial charge is 0.508 e. The molecule has 16 heteroatoms. The summed E-state index contributed by atoms with van der Waals surface area (Å²) < 4.78 is 31.7. The van der Waals surface area contributed by atoms with Gasteiger partial charge in [0, 0.05) is 26.1 Å². The minimum absolute atomic E-state index is 0.0385. The van der Waals surface area contributed by atoms with Crippen LogP contribution in [0.5, 0.6) is 5.75 Å². The van der Waals surface area contributed by atoms with Crippen molar-refractivity contribution < 1.29 is 47.4 Å². The summed E-state index contributed by atoms with van der Waals surface area (Å²) in [7, 11) is 3.08. The molecular weight excluding hydrogens is 613 g/mol. The van der Waals surface area contributed by atoms with E-state index in [0.717, 1.165) is 6.42 Å². The molecule has 2 aromatic carbocycles. The molecule has 13 nitrogen and oxygen atoms in total. The summed E-state index contributed by atoms with van der Waals surface area (Å²) in [5.74, 6) is -6.38. The van der Waals surface area contributed by atoms with Gasteiger partial charge in [-0.2, -0.15) is 13.2 Å². The Kier molecular flexibility index (Phi) is 15.2. The number of amidine groups is 1. The zero-order valence-electron chi connectivity index (χ0n) is 25.6. The number of amides is 4. The molecule has 0 aliphatic carbocycles. The average molecular weight is 653 g/mol. The van der Waals surface area contributed by atoms with Crippen LogP contribution in [0.4, 0.5) is 13.2 Å². The van der Waals surface area contributed by atoms with E-state index in [9.17, 15) is 37.5 Å². The van der Waals surface area contributed by atoms with Crippen molar-refractivity contribution in [2.45, 2.75) is 57.3 Å². The second kappa shape index (κ2) is 18.0. The third-order valence-corrected chi connectivity index (χ3v) is 6.49. The van der Waals surface area contributed by atoms with Gasteiger partial charge in [0.2, 0.25) is 23.6 Å². The maximum Gasteiger partial charge on any atom is 0.490 e. The number of unbranched alkanes of at least 4 members (excludes halogenated alkanes) is 1. The molecule has 0 heterocycles. The average Bonchev–Trinajstić information content (AvgIpc) is 2.98. The Labute approximate surface area is 263 Å². The highest BCUT2D eigenvalue weighted by molar-refractivity contribution is 6.02. The van der Waals surface area contributed by atoms with Crippen LogP contribution in [0.25, 0.3) is 0 Å². The van der Waals surface area contributed by atoms with E-state index in [1.54, 1.807) is 36.4 Å². The zero-order chi connectivity index (χ0) is 35.2. The fraction of sp³-hybridized carbons (Fsp3) is 0.400. The van der Waals surface area contributed by atoms with Crippen LogP contribution in [-0.2, 0) is 36.8 Å². The summed E-state index contributed by atoms with van der Waals surface area (Å²) in [5, 5.41) is 29.6. The van der Waals surface area contributed by atoms with E-state index in [2.05, 4.69) is 10.6 Å². The summed E-state index contributed by atoms with van der Waals surface area (Å²) >= 11 is 0. The lowest BCUT2D eigenvalue weighted by atomic mass is 9.95.